The number of hydrogen-bond acceptors (Lipinski definition) is 5. The van der Waals surface area contributed by atoms with Gasteiger partial charge in [0.1, 0.15) is 6.61 Å². The van der Waals surface area contributed by atoms with Gasteiger partial charge in [-0.15, -0.1) is 0 Å². The molecule has 0 N–H and O–H groups in total. The number of hydrogen-bond donors (Lipinski definition) is 0. The lowest BCUT2D eigenvalue weighted by Gasteiger charge is -2.12. The zero-order valence-electron chi connectivity index (χ0n) is 19.5. The van der Waals surface area contributed by atoms with E-state index in [0.717, 1.165) is 16.7 Å². The van der Waals surface area contributed by atoms with E-state index in [1.165, 1.54) is 4.68 Å². The lowest BCUT2D eigenvalue weighted by Crippen LogP contribution is -2.20. The molecule has 0 fully saturated rings. The molecule has 0 saturated carbocycles. The Hall–Kier alpha value is -4.42. The van der Waals surface area contributed by atoms with Crippen LogP contribution in [-0.4, -0.2) is 23.0 Å². The number of methoxy groups -OCH3 is 1. The molecular formula is C29H22ClN3O3. The monoisotopic (exact) mass is 495 g/mol. The summed E-state index contributed by atoms with van der Waals surface area (Å²) in [5, 5.41) is 5.65. The topological polar surface area (TPSA) is 65.7 Å². The fourth-order valence-electron chi connectivity index (χ4n) is 3.78. The molecule has 0 aliphatic heterocycles. The summed E-state index contributed by atoms with van der Waals surface area (Å²) < 4.78 is 12.8. The van der Waals surface area contributed by atoms with Crippen LogP contribution in [0.1, 0.15) is 11.1 Å². The van der Waals surface area contributed by atoms with Gasteiger partial charge in [0.25, 0.3) is 5.56 Å². The van der Waals surface area contributed by atoms with Gasteiger partial charge in [-0.05, 0) is 42.0 Å². The van der Waals surface area contributed by atoms with Crippen molar-refractivity contribution in [3.8, 4) is 22.9 Å². The van der Waals surface area contributed by atoms with Crippen molar-refractivity contribution >= 4 is 28.7 Å². The molecule has 5 rings (SSSR count). The number of ether oxygens (including phenoxy) is 2. The van der Waals surface area contributed by atoms with Crippen LogP contribution in [0.2, 0.25) is 5.02 Å². The van der Waals surface area contributed by atoms with Crippen LogP contribution in [-0.2, 0) is 6.61 Å². The van der Waals surface area contributed by atoms with E-state index < -0.39 is 0 Å². The fraction of sp³-hybridized carbons (Fsp3) is 0.0690. The maximum atomic E-state index is 13.3. The van der Waals surface area contributed by atoms with Crippen LogP contribution in [0.25, 0.3) is 22.3 Å². The summed E-state index contributed by atoms with van der Waals surface area (Å²) in [5.41, 5.74) is 2.77. The Kier molecular flexibility index (Phi) is 6.78. The Bertz CT molecular complexity index is 1610. The Morgan fingerprint density at radius 2 is 1.67 bits per heavy atom. The number of benzene rings is 4. The molecule has 5 aromatic rings. The highest BCUT2D eigenvalue weighted by molar-refractivity contribution is 6.31. The summed E-state index contributed by atoms with van der Waals surface area (Å²) >= 11 is 6.23. The van der Waals surface area contributed by atoms with Gasteiger partial charge in [-0.2, -0.15) is 9.78 Å². The van der Waals surface area contributed by atoms with Crippen molar-refractivity contribution in [2.24, 2.45) is 5.10 Å². The first-order chi connectivity index (χ1) is 17.6. The minimum Gasteiger partial charge on any atom is -0.493 e. The molecular weight excluding hydrogens is 474 g/mol. The summed E-state index contributed by atoms with van der Waals surface area (Å²) in [7, 11) is 1.57. The van der Waals surface area contributed by atoms with Crippen molar-refractivity contribution in [1.82, 2.24) is 9.66 Å². The molecule has 178 valence electrons. The minimum absolute atomic E-state index is 0.248. The molecule has 1 aromatic heterocycles. The molecule has 6 nitrogen and oxygen atoms in total. The van der Waals surface area contributed by atoms with Crippen molar-refractivity contribution in [2.45, 2.75) is 6.61 Å². The van der Waals surface area contributed by atoms with Crippen LogP contribution >= 0.6 is 11.6 Å². The van der Waals surface area contributed by atoms with Crippen LogP contribution < -0.4 is 15.0 Å². The van der Waals surface area contributed by atoms with Gasteiger partial charge in [-0.25, -0.2) is 4.98 Å². The van der Waals surface area contributed by atoms with Crippen molar-refractivity contribution < 1.29 is 9.47 Å². The van der Waals surface area contributed by atoms with Crippen LogP contribution in [0.4, 0.5) is 0 Å². The smallest absolute Gasteiger partial charge is 0.282 e. The van der Waals surface area contributed by atoms with Crippen molar-refractivity contribution in [2.75, 3.05) is 7.11 Å². The van der Waals surface area contributed by atoms with Gasteiger partial charge in [-0.1, -0.05) is 72.3 Å². The highest BCUT2D eigenvalue weighted by atomic mass is 35.5. The van der Waals surface area contributed by atoms with Crippen molar-refractivity contribution in [1.29, 1.82) is 0 Å². The lowest BCUT2D eigenvalue weighted by atomic mass is 10.2. The number of aromatic nitrogens is 2. The standard InChI is InChI=1S/C29H22ClN3O3/c1-35-27-17-20(15-16-26(27)36-19-22-11-5-7-13-24(22)30)18-31-33-28(21-9-3-2-4-10-21)32-25-14-8-6-12-23(25)29(33)34/h2-18H,19H2,1H3. The summed E-state index contributed by atoms with van der Waals surface area (Å²) in [4.78, 5) is 18.0. The second-order valence-corrected chi connectivity index (χ2v) is 8.38. The van der Waals surface area contributed by atoms with E-state index >= 15 is 0 Å². The molecule has 4 aromatic carbocycles. The van der Waals surface area contributed by atoms with E-state index in [1.54, 1.807) is 31.5 Å². The van der Waals surface area contributed by atoms with Crippen LogP contribution in [0.15, 0.2) is 107 Å². The second-order valence-electron chi connectivity index (χ2n) is 7.97. The van der Waals surface area contributed by atoms with Gasteiger partial charge in [0.15, 0.2) is 17.3 Å². The molecule has 0 aliphatic carbocycles. The van der Waals surface area contributed by atoms with E-state index in [1.807, 2.05) is 78.9 Å². The fourth-order valence-corrected chi connectivity index (χ4v) is 3.97. The highest BCUT2D eigenvalue weighted by Crippen LogP contribution is 2.29. The number of halogens is 1. The number of rotatable bonds is 7. The molecule has 0 radical (unpaired) electrons. The zero-order chi connectivity index (χ0) is 24.9. The van der Waals surface area contributed by atoms with Gasteiger partial charge in [0.05, 0.1) is 24.2 Å². The van der Waals surface area contributed by atoms with E-state index in [2.05, 4.69) is 5.10 Å². The summed E-state index contributed by atoms with van der Waals surface area (Å²) in [6.45, 7) is 0.308. The van der Waals surface area contributed by atoms with E-state index in [9.17, 15) is 4.79 Å². The van der Waals surface area contributed by atoms with Crippen LogP contribution in [0.5, 0.6) is 11.5 Å². The third-order valence-corrected chi connectivity index (χ3v) is 6.01. The third-order valence-electron chi connectivity index (χ3n) is 5.64. The molecule has 0 saturated heterocycles. The SMILES string of the molecule is COc1cc(C=Nn2c(-c3ccccc3)nc3ccccc3c2=O)ccc1OCc1ccccc1Cl. The molecule has 0 bridgehead atoms. The third kappa shape index (κ3) is 4.85. The second kappa shape index (κ2) is 10.5. The van der Waals surface area contributed by atoms with Crippen molar-refractivity contribution in [3.05, 3.63) is 124 Å². The van der Waals surface area contributed by atoms with Gasteiger partial charge < -0.3 is 9.47 Å². The Labute approximate surface area is 213 Å². The average molecular weight is 496 g/mol. The molecule has 1 heterocycles. The summed E-state index contributed by atoms with van der Waals surface area (Å²) in [5.74, 6) is 1.57. The average Bonchev–Trinajstić information content (AvgIpc) is 2.92. The molecule has 0 atom stereocenters. The first kappa shape index (κ1) is 23.3. The van der Waals surface area contributed by atoms with E-state index in [-0.39, 0.29) is 5.56 Å². The van der Waals surface area contributed by atoms with Gasteiger partial charge in [-0.3, -0.25) is 4.79 Å². The molecule has 0 amide bonds. The lowest BCUT2D eigenvalue weighted by molar-refractivity contribution is 0.284. The molecule has 0 spiro atoms. The van der Waals surface area contributed by atoms with Crippen LogP contribution in [0.3, 0.4) is 0 Å². The maximum Gasteiger partial charge on any atom is 0.282 e. The van der Waals surface area contributed by atoms with Crippen LogP contribution in [0, 0.1) is 0 Å². The summed E-state index contributed by atoms with van der Waals surface area (Å²) in [6.07, 6.45) is 1.60. The largest absolute Gasteiger partial charge is 0.493 e. The number of fused-ring (bicyclic) bond motifs is 1. The Morgan fingerprint density at radius 3 is 2.47 bits per heavy atom. The predicted molar refractivity (Wildman–Crippen MR) is 143 cm³/mol. The molecule has 7 heteroatoms. The minimum atomic E-state index is -0.248. The maximum absolute atomic E-state index is 13.3. The highest BCUT2D eigenvalue weighted by Gasteiger charge is 2.12. The zero-order valence-corrected chi connectivity index (χ0v) is 20.2. The van der Waals surface area contributed by atoms with Gasteiger partial charge >= 0.3 is 0 Å². The molecule has 0 aliphatic rings. The Balaban J connectivity index is 1.49. The summed E-state index contributed by atoms with van der Waals surface area (Å²) in [6, 6.07) is 29.7. The normalized spacial score (nSPS) is 11.2. The van der Waals surface area contributed by atoms with E-state index in [4.69, 9.17) is 26.1 Å². The van der Waals surface area contributed by atoms with Crippen molar-refractivity contribution in [3.63, 3.8) is 0 Å². The molecule has 36 heavy (non-hydrogen) atoms. The van der Waals surface area contributed by atoms with E-state index in [0.29, 0.717) is 39.9 Å². The quantitative estimate of drug-likeness (QED) is 0.253. The number of nitrogens with zero attached hydrogens (tertiary/aromatic N) is 3. The van der Waals surface area contributed by atoms with Gasteiger partial charge in [0, 0.05) is 16.1 Å². The predicted octanol–water partition coefficient (Wildman–Crippen LogP) is 6.19. The molecule has 0 unspecified atom stereocenters. The number of para-hydroxylation sites is 1. The Morgan fingerprint density at radius 1 is 0.917 bits per heavy atom. The first-order valence-corrected chi connectivity index (χ1v) is 11.7. The first-order valence-electron chi connectivity index (χ1n) is 11.3. The van der Waals surface area contributed by atoms with Gasteiger partial charge in [0.2, 0.25) is 0 Å².